The smallest absolute Gasteiger partial charge is 0.317 e. The molecule has 20 heavy (non-hydrogen) atoms. The summed E-state index contributed by atoms with van der Waals surface area (Å²) < 4.78 is 5.30. The first kappa shape index (κ1) is 15.1. The molecule has 2 aliphatic rings. The van der Waals surface area contributed by atoms with Crippen molar-refractivity contribution in [3.05, 3.63) is 0 Å². The van der Waals surface area contributed by atoms with E-state index in [0.717, 1.165) is 26.1 Å². The van der Waals surface area contributed by atoms with Crippen LogP contribution in [0.2, 0.25) is 0 Å². The van der Waals surface area contributed by atoms with Gasteiger partial charge in [0, 0.05) is 32.3 Å². The predicted octanol–water partition coefficient (Wildman–Crippen LogP) is 1.31. The molecule has 2 saturated heterocycles. The number of nitrogens with one attached hydrogen (secondary N) is 1. The van der Waals surface area contributed by atoms with Crippen LogP contribution in [0.3, 0.4) is 0 Å². The van der Waals surface area contributed by atoms with Crippen molar-refractivity contribution in [1.29, 1.82) is 0 Å². The molecule has 2 fully saturated rings. The van der Waals surface area contributed by atoms with Crippen LogP contribution in [-0.4, -0.2) is 54.4 Å². The van der Waals surface area contributed by atoms with Gasteiger partial charge in [-0.25, -0.2) is 4.79 Å². The van der Waals surface area contributed by atoms with Crippen LogP contribution in [0.5, 0.6) is 0 Å². The van der Waals surface area contributed by atoms with Gasteiger partial charge in [-0.1, -0.05) is 0 Å². The van der Waals surface area contributed by atoms with Gasteiger partial charge in [-0.15, -0.1) is 0 Å². The zero-order chi connectivity index (χ0) is 14.5. The standard InChI is InChI=1S/C14H24N2O4/c1-10-8-12(13(17)18)3-6-16(10)14(19)15-5-2-11-4-7-20-9-11/h10-12H,2-9H2,1H3,(H,15,19)(H,17,18). The van der Waals surface area contributed by atoms with Gasteiger partial charge in [0.25, 0.3) is 0 Å². The normalized spacial score (nSPS) is 30.2. The van der Waals surface area contributed by atoms with Gasteiger partial charge in [-0.3, -0.25) is 4.79 Å². The van der Waals surface area contributed by atoms with Crippen molar-refractivity contribution >= 4 is 12.0 Å². The Bertz CT molecular complexity index is 355. The van der Waals surface area contributed by atoms with Crippen LogP contribution in [0, 0.1) is 11.8 Å². The van der Waals surface area contributed by atoms with Crippen molar-refractivity contribution in [2.24, 2.45) is 11.8 Å². The Morgan fingerprint density at radius 3 is 2.80 bits per heavy atom. The van der Waals surface area contributed by atoms with Crippen molar-refractivity contribution in [3.63, 3.8) is 0 Å². The molecule has 6 heteroatoms. The van der Waals surface area contributed by atoms with E-state index >= 15 is 0 Å². The van der Waals surface area contributed by atoms with E-state index in [1.54, 1.807) is 4.90 Å². The van der Waals surface area contributed by atoms with Crippen molar-refractivity contribution in [2.75, 3.05) is 26.3 Å². The van der Waals surface area contributed by atoms with Gasteiger partial charge in [0.2, 0.25) is 0 Å². The molecule has 0 saturated carbocycles. The fourth-order valence-electron chi connectivity index (χ4n) is 2.99. The van der Waals surface area contributed by atoms with Crippen LogP contribution < -0.4 is 5.32 Å². The van der Waals surface area contributed by atoms with Crippen molar-refractivity contribution in [2.45, 2.75) is 38.6 Å². The van der Waals surface area contributed by atoms with E-state index in [4.69, 9.17) is 9.84 Å². The third-order valence-corrected chi connectivity index (χ3v) is 4.34. The molecule has 0 aliphatic carbocycles. The number of piperidine rings is 1. The fourth-order valence-corrected chi connectivity index (χ4v) is 2.99. The van der Waals surface area contributed by atoms with Crippen LogP contribution >= 0.6 is 0 Å². The van der Waals surface area contributed by atoms with E-state index in [2.05, 4.69) is 5.32 Å². The number of carboxylic acids is 1. The highest BCUT2D eigenvalue weighted by molar-refractivity contribution is 5.75. The number of amides is 2. The Morgan fingerprint density at radius 2 is 2.20 bits per heavy atom. The van der Waals surface area contributed by atoms with E-state index in [-0.39, 0.29) is 18.0 Å². The van der Waals surface area contributed by atoms with E-state index in [9.17, 15) is 9.59 Å². The van der Waals surface area contributed by atoms with Gasteiger partial charge in [-0.2, -0.15) is 0 Å². The minimum absolute atomic E-state index is 0.0142. The summed E-state index contributed by atoms with van der Waals surface area (Å²) in [4.78, 5) is 24.8. The number of nitrogens with zero attached hydrogens (tertiary/aromatic N) is 1. The number of ether oxygens (including phenoxy) is 1. The molecule has 0 bridgehead atoms. The number of hydrogen-bond acceptors (Lipinski definition) is 3. The van der Waals surface area contributed by atoms with Crippen LogP contribution in [-0.2, 0) is 9.53 Å². The Labute approximate surface area is 119 Å². The highest BCUT2D eigenvalue weighted by Gasteiger charge is 2.32. The largest absolute Gasteiger partial charge is 0.481 e. The maximum atomic E-state index is 12.1. The van der Waals surface area contributed by atoms with Crippen molar-refractivity contribution < 1.29 is 19.4 Å². The first-order valence-corrected chi connectivity index (χ1v) is 7.43. The van der Waals surface area contributed by atoms with Crippen molar-refractivity contribution in [3.8, 4) is 0 Å². The lowest BCUT2D eigenvalue weighted by molar-refractivity contribution is -0.143. The molecule has 2 amide bonds. The lowest BCUT2D eigenvalue weighted by atomic mass is 9.92. The summed E-state index contributed by atoms with van der Waals surface area (Å²) in [6, 6.07) is -0.0834. The summed E-state index contributed by atoms with van der Waals surface area (Å²) in [6.07, 6.45) is 3.12. The molecule has 0 aromatic carbocycles. The minimum atomic E-state index is -0.752. The minimum Gasteiger partial charge on any atom is -0.481 e. The third-order valence-electron chi connectivity index (χ3n) is 4.34. The summed E-state index contributed by atoms with van der Waals surface area (Å²) in [5, 5.41) is 12.0. The van der Waals surface area contributed by atoms with Crippen LogP contribution in [0.1, 0.15) is 32.6 Å². The highest BCUT2D eigenvalue weighted by Crippen LogP contribution is 2.23. The lowest BCUT2D eigenvalue weighted by Crippen LogP contribution is -2.50. The maximum Gasteiger partial charge on any atom is 0.317 e. The van der Waals surface area contributed by atoms with Crippen molar-refractivity contribution in [1.82, 2.24) is 10.2 Å². The summed E-state index contributed by atoms with van der Waals surface area (Å²) in [5.74, 6) is -0.506. The number of urea groups is 1. The lowest BCUT2D eigenvalue weighted by Gasteiger charge is -2.36. The monoisotopic (exact) mass is 284 g/mol. The number of rotatable bonds is 4. The van der Waals surface area contributed by atoms with E-state index in [1.165, 1.54) is 0 Å². The number of carbonyl (C=O) groups excluding carboxylic acids is 1. The summed E-state index contributed by atoms with van der Waals surface area (Å²) >= 11 is 0. The number of carbonyl (C=O) groups is 2. The second-order valence-electron chi connectivity index (χ2n) is 5.85. The number of likely N-dealkylation sites (tertiary alicyclic amines) is 1. The molecule has 2 heterocycles. The van der Waals surface area contributed by atoms with Gasteiger partial charge in [0.1, 0.15) is 0 Å². The Hall–Kier alpha value is -1.30. The molecule has 0 spiro atoms. The second kappa shape index (κ2) is 6.92. The first-order chi connectivity index (χ1) is 9.58. The second-order valence-corrected chi connectivity index (χ2v) is 5.85. The fraction of sp³-hybridized carbons (Fsp3) is 0.857. The molecule has 0 aromatic rings. The SMILES string of the molecule is CC1CC(C(=O)O)CCN1C(=O)NCCC1CCOC1. The van der Waals surface area contributed by atoms with Gasteiger partial charge >= 0.3 is 12.0 Å². The van der Waals surface area contributed by atoms with Gasteiger partial charge < -0.3 is 20.1 Å². The van der Waals surface area contributed by atoms with Gasteiger partial charge in [0.15, 0.2) is 0 Å². The predicted molar refractivity (Wildman–Crippen MR) is 73.5 cm³/mol. The molecule has 2 aliphatic heterocycles. The van der Waals surface area contributed by atoms with Gasteiger partial charge in [-0.05, 0) is 38.5 Å². The summed E-state index contributed by atoms with van der Waals surface area (Å²) in [5.41, 5.74) is 0. The highest BCUT2D eigenvalue weighted by atomic mass is 16.5. The van der Waals surface area contributed by atoms with E-state index in [0.29, 0.717) is 31.8 Å². The van der Waals surface area contributed by atoms with Crippen LogP contribution in [0.15, 0.2) is 0 Å². The topological polar surface area (TPSA) is 78.9 Å². The van der Waals surface area contributed by atoms with Crippen LogP contribution in [0.4, 0.5) is 4.79 Å². The average Bonchev–Trinajstić information content (AvgIpc) is 2.91. The van der Waals surface area contributed by atoms with Gasteiger partial charge in [0.05, 0.1) is 5.92 Å². The van der Waals surface area contributed by atoms with E-state index < -0.39 is 5.97 Å². The molecule has 3 atom stereocenters. The zero-order valence-corrected chi connectivity index (χ0v) is 12.0. The molecule has 6 nitrogen and oxygen atoms in total. The third kappa shape index (κ3) is 3.85. The molecule has 0 radical (unpaired) electrons. The molecule has 2 rings (SSSR count). The number of aliphatic carboxylic acids is 1. The Kier molecular flexibility index (Phi) is 5.23. The quantitative estimate of drug-likeness (QED) is 0.816. The number of carboxylic acid groups (broad SMARTS) is 1. The first-order valence-electron chi connectivity index (χ1n) is 7.43. The number of hydrogen-bond donors (Lipinski definition) is 2. The molecule has 3 unspecified atom stereocenters. The van der Waals surface area contributed by atoms with Crippen LogP contribution in [0.25, 0.3) is 0 Å². The Morgan fingerprint density at radius 1 is 1.40 bits per heavy atom. The summed E-state index contributed by atoms with van der Waals surface area (Å²) in [7, 11) is 0. The molecule has 0 aromatic heterocycles. The molecule has 114 valence electrons. The summed E-state index contributed by atoms with van der Waals surface area (Å²) in [6.45, 7) is 4.74. The molecule has 2 N–H and O–H groups in total. The zero-order valence-electron chi connectivity index (χ0n) is 12.0. The average molecular weight is 284 g/mol. The molecular weight excluding hydrogens is 260 g/mol. The maximum absolute atomic E-state index is 12.1. The molecular formula is C14H24N2O4. The van der Waals surface area contributed by atoms with E-state index in [1.807, 2.05) is 6.92 Å². The Balaban J connectivity index is 1.70.